The van der Waals surface area contributed by atoms with Crippen molar-refractivity contribution in [3.63, 3.8) is 0 Å². The van der Waals surface area contributed by atoms with Crippen molar-refractivity contribution < 1.29 is 13.2 Å². The number of hydrogen-bond donors (Lipinski definition) is 1. The van der Waals surface area contributed by atoms with Crippen LogP contribution in [0, 0.1) is 11.3 Å². The van der Waals surface area contributed by atoms with Gasteiger partial charge in [0.05, 0.1) is 28.9 Å². The molecule has 4 rings (SSSR count). The van der Waals surface area contributed by atoms with Crippen LogP contribution < -0.4 is 5.73 Å². The minimum Gasteiger partial charge on any atom is -0.397 e. The molecule has 1 aliphatic heterocycles. The highest BCUT2D eigenvalue weighted by Crippen LogP contribution is 2.30. The van der Waals surface area contributed by atoms with Gasteiger partial charge < -0.3 is 10.6 Å². The molecule has 1 amide bonds. The zero-order valence-electron chi connectivity index (χ0n) is 19.8. The van der Waals surface area contributed by atoms with Crippen LogP contribution in [-0.4, -0.2) is 67.8 Å². The number of nitrogens with zero attached hydrogens (tertiary/aromatic N) is 4. The summed E-state index contributed by atoms with van der Waals surface area (Å²) in [6, 6.07) is 22.0. The molecule has 1 atom stereocenters. The van der Waals surface area contributed by atoms with Gasteiger partial charge in [-0.25, -0.2) is 8.42 Å². The summed E-state index contributed by atoms with van der Waals surface area (Å²) < 4.78 is 19.3. The predicted molar refractivity (Wildman–Crippen MR) is 136 cm³/mol. The first kappa shape index (κ1) is 25.9. The summed E-state index contributed by atoms with van der Waals surface area (Å²) in [6.45, 7) is 2.71. The van der Waals surface area contributed by atoms with Crippen LogP contribution in [0.15, 0.2) is 73.1 Å². The Labute approximate surface area is 206 Å². The molecular formula is C26H29N5O3S. The minimum absolute atomic E-state index is 0.0331. The molecule has 0 bridgehead atoms. The molecular weight excluding hydrogens is 462 g/mol. The lowest BCUT2D eigenvalue weighted by Crippen LogP contribution is -2.49. The van der Waals surface area contributed by atoms with Gasteiger partial charge in [-0.1, -0.05) is 42.5 Å². The van der Waals surface area contributed by atoms with Crippen LogP contribution in [0.4, 0.5) is 5.69 Å². The topological polar surface area (TPSA) is 120 Å². The molecule has 1 saturated heterocycles. The molecule has 8 nitrogen and oxygen atoms in total. The summed E-state index contributed by atoms with van der Waals surface area (Å²) in [5.74, 6) is -0.0443. The minimum atomic E-state index is -2.67. The molecule has 1 aromatic heterocycles. The summed E-state index contributed by atoms with van der Waals surface area (Å²) in [5, 5.41) is 9.33. The van der Waals surface area contributed by atoms with Gasteiger partial charge in [0.15, 0.2) is 0 Å². The summed E-state index contributed by atoms with van der Waals surface area (Å²) in [7, 11) is -2.67. The molecule has 3 aromatic rings. The van der Waals surface area contributed by atoms with E-state index in [9.17, 15) is 18.5 Å². The molecule has 0 saturated carbocycles. The summed E-state index contributed by atoms with van der Waals surface area (Å²) in [6.07, 6.45) is 5.42. The maximum Gasteiger partial charge on any atom is 0.255 e. The van der Waals surface area contributed by atoms with E-state index in [1.165, 1.54) is 11.8 Å². The lowest BCUT2D eigenvalue weighted by Gasteiger charge is -2.39. The normalized spacial score (nSPS) is 14.8. The third-order valence-electron chi connectivity index (χ3n) is 5.42. The first-order valence-electron chi connectivity index (χ1n) is 11.1. The van der Waals surface area contributed by atoms with Gasteiger partial charge in [0.2, 0.25) is 0 Å². The molecule has 0 radical (unpaired) electrons. The fourth-order valence-electron chi connectivity index (χ4n) is 3.97. The van der Waals surface area contributed by atoms with Crippen molar-refractivity contribution in [3.8, 4) is 6.07 Å². The average Bonchev–Trinajstić information content (AvgIpc) is 2.84. The van der Waals surface area contributed by atoms with Crippen LogP contribution in [0.1, 0.15) is 33.1 Å². The maximum atomic E-state index is 12.8. The van der Waals surface area contributed by atoms with Gasteiger partial charge in [-0.05, 0) is 29.3 Å². The third-order valence-corrected chi connectivity index (χ3v) is 5.42. The van der Waals surface area contributed by atoms with Gasteiger partial charge >= 0.3 is 0 Å². The van der Waals surface area contributed by atoms with Crippen molar-refractivity contribution in [1.82, 2.24) is 14.8 Å². The van der Waals surface area contributed by atoms with Gasteiger partial charge in [0.25, 0.3) is 5.91 Å². The van der Waals surface area contributed by atoms with Gasteiger partial charge in [0.1, 0.15) is 9.84 Å². The molecule has 1 fully saturated rings. The molecule has 0 aliphatic carbocycles. The Bertz CT molecular complexity index is 1290. The Kier molecular flexibility index (Phi) is 8.58. The van der Waals surface area contributed by atoms with E-state index in [2.05, 4.69) is 34.2 Å². The molecule has 2 heterocycles. The highest BCUT2D eigenvalue weighted by molar-refractivity contribution is 7.89. The van der Waals surface area contributed by atoms with E-state index in [4.69, 9.17) is 5.73 Å². The van der Waals surface area contributed by atoms with Gasteiger partial charge in [-0.3, -0.25) is 14.7 Å². The number of rotatable bonds is 4. The van der Waals surface area contributed by atoms with E-state index in [0.717, 1.165) is 31.2 Å². The first-order chi connectivity index (χ1) is 16.7. The Hall–Kier alpha value is -3.74. The Morgan fingerprint density at radius 2 is 1.60 bits per heavy atom. The van der Waals surface area contributed by atoms with Gasteiger partial charge in [-0.2, -0.15) is 5.26 Å². The number of sulfone groups is 1. The summed E-state index contributed by atoms with van der Waals surface area (Å²) in [5.41, 5.74) is 9.69. The smallest absolute Gasteiger partial charge is 0.255 e. The standard InChI is InChI=1S/C24H23N5O.C2H6O2S/c25-15-18-5-4-8-20(13-18)23(19-6-2-1-3-7-19)28-9-11-29(12-10-28)24(30)21-14-22(26)17-27-16-21;1-5(2,3)4/h1-8,13-14,16-17,23H,9-12,26H2;1-2H3. The number of pyridine rings is 1. The van der Waals surface area contributed by atoms with Crippen LogP contribution >= 0.6 is 0 Å². The number of anilines is 1. The predicted octanol–water partition coefficient (Wildman–Crippen LogP) is 2.74. The van der Waals surface area contributed by atoms with Crippen LogP contribution in [0.2, 0.25) is 0 Å². The highest BCUT2D eigenvalue weighted by atomic mass is 32.2. The quantitative estimate of drug-likeness (QED) is 0.596. The van der Waals surface area contributed by atoms with Crippen molar-refractivity contribution in [2.45, 2.75) is 6.04 Å². The van der Waals surface area contributed by atoms with Crippen molar-refractivity contribution >= 4 is 21.4 Å². The van der Waals surface area contributed by atoms with Gasteiger partial charge in [0, 0.05) is 51.1 Å². The van der Waals surface area contributed by atoms with Crippen molar-refractivity contribution in [2.24, 2.45) is 0 Å². The van der Waals surface area contributed by atoms with E-state index in [0.29, 0.717) is 29.9 Å². The molecule has 9 heteroatoms. The first-order valence-corrected chi connectivity index (χ1v) is 13.4. The molecule has 2 aromatic carbocycles. The molecule has 2 N–H and O–H groups in total. The van der Waals surface area contributed by atoms with E-state index in [-0.39, 0.29) is 11.9 Å². The second-order valence-electron chi connectivity index (χ2n) is 8.53. The average molecular weight is 492 g/mol. The second kappa shape index (κ2) is 11.6. The number of piperazine rings is 1. The lowest BCUT2D eigenvalue weighted by atomic mass is 9.95. The number of amides is 1. The molecule has 0 spiro atoms. The fourth-order valence-corrected chi connectivity index (χ4v) is 3.97. The van der Waals surface area contributed by atoms with Crippen molar-refractivity contribution in [2.75, 3.05) is 44.4 Å². The number of carbonyl (C=O) groups excluding carboxylic acids is 1. The second-order valence-corrected chi connectivity index (χ2v) is 10.8. The molecule has 35 heavy (non-hydrogen) atoms. The number of hydrogen-bond acceptors (Lipinski definition) is 7. The summed E-state index contributed by atoms with van der Waals surface area (Å²) >= 11 is 0. The largest absolute Gasteiger partial charge is 0.397 e. The molecule has 1 unspecified atom stereocenters. The monoisotopic (exact) mass is 491 g/mol. The maximum absolute atomic E-state index is 12.8. The van der Waals surface area contributed by atoms with E-state index >= 15 is 0 Å². The fraction of sp³-hybridized carbons (Fsp3) is 0.269. The zero-order chi connectivity index (χ0) is 25.4. The van der Waals surface area contributed by atoms with Crippen LogP contribution in [0.5, 0.6) is 0 Å². The number of nitrogens with two attached hydrogens (primary N) is 1. The van der Waals surface area contributed by atoms with Crippen molar-refractivity contribution in [3.05, 3.63) is 95.3 Å². The van der Waals surface area contributed by atoms with E-state index in [1.54, 1.807) is 12.3 Å². The van der Waals surface area contributed by atoms with Crippen LogP contribution in [0.25, 0.3) is 0 Å². The zero-order valence-corrected chi connectivity index (χ0v) is 20.6. The number of carbonyl (C=O) groups is 1. The Morgan fingerprint density at radius 3 is 2.20 bits per heavy atom. The Balaban J connectivity index is 0.000000623. The number of nitriles is 1. The van der Waals surface area contributed by atoms with E-state index < -0.39 is 9.84 Å². The Morgan fingerprint density at radius 1 is 0.971 bits per heavy atom. The number of nitrogen functional groups attached to an aromatic ring is 1. The van der Waals surface area contributed by atoms with Crippen LogP contribution in [0.3, 0.4) is 0 Å². The molecule has 182 valence electrons. The number of aromatic nitrogens is 1. The lowest BCUT2D eigenvalue weighted by molar-refractivity contribution is 0.0597. The number of benzene rings is 2. The third kappa shape index (κ3) is 7.64. The summed E-state index contributed by atoms with van der Waals surface area (Å²) in [4.78, 5) is 21.1. The van der Waals surface area contributed by atoms with Gasteiger partial charge in [-0.15, -0.1) is 0 Å². The highest BCUT2D eigenvalue weighted by Gasteiger charge is 2.28. The SMILES string of the molecule is CS(C)(=O)=O.N#Cc1cccc(C(c2ccccc2)N2CCN(C(=O)c3cncc(N)c3)CC2)c1. The van der Waals surface area contributed by atoms with Crippen molar-refractivity contribution in [1.29, 1.82) is 5.26 Å². The molecule has 1 aliphatic rings. The van der Waals surface area contributed by atoms with E-state index in [1.807, 2.05) is 41.3 Å². The van der Waals surface area contributed by atoms with Crippen LogP contribution in [-0.2, 0) is 9.84 Å².